The zero-order valence-corrected chi connectivity index (χ0v) is 48.4. The van der Waals surface area contributed by atoms with Gasteiger partial charge in [0.15, 0.2) is 0 Å². The Morgan fingerprint density at radius 2 is 0.864 bits per heavy atom. The summed E-state index contributed by atoms with van der Waals surface area (Å²) < 4.78 is 0. The van der Waals surface area contributed by atoms with Crippen LogP contribution in [0.5, 0.6) is 0 Å². The van der Waals surface area contributed by atoms with Gasteiger partial charge in [0.2, 0.25) is 0 Å². The van der Waals surface area contributed by atoms with Gasteiger partial charge in [-0.25, -0.2) is 0 Å². The van der Waals surface area contributed by atoms with E-state index in [1.807, 2.05) is 11.1 Å². The second-order valence-electron chi connectivity index (χ2n) is 25.3. The van der Waals surface area contributed by atoms with Crippen molar-refractivity contribution in [2.45, 2.75) is 205 Å². The summed E-state index contributed by atoms with van der Waals surface area (Å²) in [4.78, 5) is 0. The Balaban J connectivity index is 0.00000126. The van der Waals surface area contributed by atoms with E-state index in [0.29, 0.717) is 11.8 Å². The summed E-state index contributed by atoms with van der Waals surface area (Å²) in [6.07, 6.45) is 34.8. The van der Waals surface area contributed by atoms with Gasteiger partial charge in [-0.3, -0.25) is 0 Å². The van der Waals surface area contributed by atoms with E-state index in [4.69, 9.17) is 17.0 Å². The van der Waals surface area contributed by atoms with Gasteiger partial charge in [-0.05, 0) is 189 Å². The fraction of sp³-hybridized carbons (Fsp3) is 0.645. The number of halogens is 2. The maximum atomic E-state index is 4.93. The number of allylic oxidation sites excluding steroid dienone is 8. The number of rotatable bonds is 8. The molecule has 8 aliphatic rings. The molecule has 8 aliphatic carbocycles. The molecule has 0 aliphatic heterocycles. The molecule has 0 amide bonds. The van der Waals surface area contributed by atoms with Crippen LogP contribution in [-0.2, 0) is 31.7 Å². The maximum absolute atomic E-state index is 4.93. The molecule has 2 aromatic rings. The molecule has 4 heteroatoms. The summed E-state index contributed by atoms with van der Waals surface area (Å²) in [7, 11) is 7.97. The van der Waals surface area contributed by atoms with Gasteiger partial charge in [0.1, 0.15) is 0 Å². The molecular formula is C62H90Cl2SiZr. The average Bonchev–Trinajstić information content (AvgIpc) is 4.08. The first-order chi connectivity index (χ1) is 30.7. The van der Waals surface area contributed by atoms with E-state index in [9.17, 15) is 0 Å². The van der Waals surface area contributed by atoms with Gasteiger partial charge in [0.25, 0.3) is 0 Å². The molecule has 0 aromatic heterocycles. The third-order valence-corrected chi connectivity index (χ3v) is 24.3. The second kappa shape index (κ2) is 21.8. The van der Waals surface area contributed by atoms with Crippen molar-refractivity contribution < 1.29 is 20.8 Å². The van der Waals surface area contributed by atoms with Gasteiger partial charge in [-0.2, -0.15) is 0 Å². The van der Waals surface area contributed by atoms with Crippen molar-refractivity contribution in [1.29, 1.82) is 0 Å². The Hall–Kier alpha value is -0.920. The van der Waals surface area contributed by atoms with Crippen LogP contribution in [-0.4, -0.2) is 8.07 Å². The Labute approximate surface area is 426 Å². The normalized spacial score (nSPS) is 30.2. The molecule has 0 N–H and O–H groups in total. The molecule has 0 saturated heterocycles. The molecule has 0 nitrogen and oxygen atoms in total. The summed E-state index contributed by atoms with van der Waals surface area (Å²) in [5, 5.41) is 0. The molecule has 0 radical (unpaired) electrons. The number of hydrogen-bond donors (Lipinski definition) is 0. The quantitative estimate of drug-likeness (QED) is 0.183. The monoisotopic (exact) mass is 1020 g/mol. The van der Waals surface area contributed by atoms with E-state index in [0.717, 1.165) is 46.6 Å². The number of hydrogen-bond acceptors (Lipinski definition) is 0. The Kier molecular flexibility index (Phi) is 17.5. The predicted octanol–water partition coefficient (Wildman–Crippen LogP) is 19.9. The summed E-state index contributed by atoms with van der Waals surface area (Å²) >= 11 is -0.826. The van der Waals surface area contributed by atoms with Crippen LogP contribution in [0.25, 0.3) is 11.1 Å². The van der Waals surface area contributed by atoms with Crippen molar-refractivity contribution in [3.63, 3.8) is 0 Å². The Morgan fingerprint density at radius 3 is 1.20 bits per heavy atom. The molecule has 0 heterocycles. The van der Waals surface area contributed by atoms with Gasteiger partial charge in [0.05, 0.1) is 8.07 Å². The third-order valence-electron chi connectivity index (χ3n) is 19.2. The molecular weight excluding hydrogens is 935 g/mol. The number of fused-ring (bicyclic) bond motifs is 4. The summed E-state index contributed by atoms with van der Waals surface area (Å²) in [5.41, 5.74) is 19.1. The van der Waals surface area contributed by atoms with Crippen LogP contribution in [0.4, 0.5) is 0 Å². The molecule has 6 saturated carbocycles. The molecule has 8 unspecified atom stereocenters. The first-order valence-electron chi connectivity index (χ1n) is 26.7. The van der Waals surface area contributed by atoms with Crippen LogP contribution < -0.4 is 0 Å². The first kappa shape index (κ1) is 52.9. The van der Waals surface area contributed by atoms with Crippen LogP contribution in [0.1, 0.15) is 192 Å². The molecule has 360 valence electrons. The zero-order valence-electron chi connectivity index (χ0n) is 43.4. The van der Waals surface area contributed by atoms with E-state index in [2.05, 4.69) is 115 Å². The molecule has 6 fully saturated rings. The molecule has 2 aromatic carbocycles. The van der Waals surface area contributed by atoms with E-state index < -0.39 is 28.9 Å². The Morgan fingerprint density at radius 1 is 0.515 bits per heavy atom. The summed E-state index contributed by atoms with van der Waals surface area (Å²) in [5.74, 6) is 6.56. The topological polar surface area (TPSA) is 0 Å². The third kappa shape index (κ3) is 10.7. The average molecular weight is 1030 g/mol. The van der Waals surface area contributed by atoms with Gasteiger partial charge in [-0.1, -0.05) is 180 Å². The molecule has 66 heavy (non-hydrogen) atoms. The molecule has 10 rings (SSSR count). The van der Waals surface area contributed by atoms with E-state index >= 15 is 0 Å². The second-order valence-corrected chi connectivity index (χ2v) is 34.0. The Bertz CT molecular complexity index is 1930. The summed E-state index contributed by atoms with van der Waals surface area (Å²) in [6, 6.07) is 20.3. The van der Waals surface area contributed by atoms with Gasteiger partial charge in [0, 0.05) is 0 Å². The van der Waals surface area contributed by atoms with E-state index in [1.54, 1.807) is 33.4 Å². The fourth-order valence-corrected chi connectivity index (χ4v) is 22.6. The number of benzene rings is 2. The van der Waals surface area contributed by atoms with Gasteiger partial charge < -0.3 is 14.9 Å². The minimum atomic E-state index is -1.90. The van der Waals surface area contributed by atoms with Gasteiger partial charge in [-0.15, -0.1) is 0 Å². The van der Waals surface area contributed by atoms with Crippen LogP contribution in [0.2, 0.25) is 24.2 Å². The summed E-state index contributed by atoms with van der Waals surface area (Å²) in [6.45, 7) is 20.4. The van der Waals surface area contributed by atoms with E-state index in [-0.39, 0.29) is 25.7 Å². The standard InChI is InChI=1S/C60H84Si.2CH3.2ClH.Zr/c1-59(2,3)47-29-25-41(26-30-47)55-49-23-15-21-43(49)35-53-51(55)37-45(33-39-17-11-9-12-18-39)57(53)61(7,8)58-46(34-40-19-13-10-14-20-40)38-52-54(58)36-44-22-16-24-50(44)56(52)42-27-31-48(32-28-42)60(4,5)6;;;;;/h25-32,35-36,39-40,45-46,51-54,57-58H,9-24,33-34,37-38H2,1-8H3;2*1H3;2*1H;/q;2*-1;;;+4/p-2. The zero-order chi connectivity index (χ0) is 45.0. The van der Waals surface area contributed by atoms with Crippen molar-refractivity contribution in [3.8, 4) is 0 Å². The van der Waals surface area contributed by atoms with Crippen molar-refractivity contribution in [3.05, 3.63) is 120 Å². The van der Waals surface area contributed by atoms with Crippen molar-refractivity contribution >= 4 is 36.2 Å². The van der Waals surface area contributed by atoms with Crippen LogP contribution in [0, 0.1) is 62.2 Å². The van der Waals surface area contributed by atoms with Gasteiger partial charge >= 0.3 is 37.9 Å². The molecule has 0 bridgehead atoms. The molecule has 0 spiro atoms. The van der Waals surface area contributed by atoms with Crippen molar-refractivity contribution in [2.75, 3.05) is 0 Å². The SMILES string of the molecule is CC(C)(C)c1ccc(C2=C3CCCC3=CC3C2CC(CC2CCCCC2)C3[Si](C)(C)C2C(CC3CCCCC3)CC3C(c4ccc(C(C)(C)C)cc4)=C4CCCC4=CC32)cc1.[CH3-].[CH3-].[Cl][Zr+2][Cl]. The van der Waals surface area contributed by atoms with Crippen molar-refractivity contribution in [2.24, 2.45) is 47.3 Å². The predicted molar refractivity (Wildman–Crippen MR) is 290 cm³/mol. The van der Waals surface area contributed by atoms with Crippen molar-refractivity contribution in [1.82, 2.24) is 0 Å². The van der Waals surface area contributed by atoms with Crippen LogP contribution in [0.3, 0.4) is 0 Å². The fourth-order valence-electron chi connectivity index (χ4n) is 16.6. The minimum absolute atomic E-state index is 0. The molecule has 8 atom stereocenters. The van der Waals surface area contributed by atoms with Crippen LogP contribution >= 0.6 is 17.0 Å². The first-order valence-corrected chi connectivity index (χ1v) is 36.2. The van der Waals surface area contributed by atoms with Crippen LogP contribution in [0.15, 0.2) is 83.0 Å². The van der Waals surface area contributed by atoms with E-state index in [1.165, 1.54) is 140 Å².